The Morgan fingerprint density at radius 1 is 1.43 bits per heavy atom. The van der Waals surface area contributed by atoms with Crippen LogP contribution in [0.1, 0.15) is 35.3 Å². The molecular weight excluding hydrogens is 365 g/mol. The molecule has 3 aromatic heterocycles. The Balaban J connectivity index is 1.56. The van der Waals surface area contributed by atoms with Crippen LogP contribution in [0, 0.1) is 17.7 Å². The van der Waals surface area contributed by atoms with E-state index < -0.39 is 11.8 Å². The highest BCUT2D eigenvalue weighted by Gasteiger charge is 2.54. The molecule has 1 N–H and O–H groups in total. The second kappa shape index (κ2) is 6.15. The minimum atomic E-state index is -0.486. The predicted octanol–water partition coefficient (Wildman–Crippen LogP) is 2.34. The summed E-state index contributed by atoms with van der Waals surface area (Å²) < 4.78 is 20.4. The van der Waals surface area contributed by atoms with Crippen molar-refractivity contribution in [1.29, 1.82) is 0 Å². The van der Waals surface area contributed by atoms with Gasteiger partial charge in [-0.1, -0.05) is 0 Å². The molecule has 2 aliphatic rings. The molecule has 9 heteroatoms. The van der Waals surface area contributed by atoms with Crippen molar-refractivity contribution in [2.45, 2.75) is 19.4 Å². The highest BCUT2D eigenvalue weighted by atomic mass is 19.1. The molecule has 3 aromatic rings. The molecule has 1 aliphatic heterocycles. The van der Waals surface area contributed by atoms with Crippen molar-refractivity contribution in [3.8, 4) is 5.88 Å². The van der Waals surface area contributed by atoms with Crippen molar-refractivity contribution in [3.05, 3.63) is 47.7 Å². The van der Waals surface area contributed by atoms with Gasteiger partial charge in [0.2, 0.25) is 5.88 Å². The topological polar surface area (TPSA) is 92.8 Å². The number of ether oxygens (including phenoxy) is 1. The first-order valence-electron chi connectivity index (χ1n) is 9.19. The summed E-state index contributed by atoms with van der Waals surface area (Å²) in [5, 5.41) is 14.4. The molecule has 0 spiro atoms. The molecule has 1 saturated heterocycles. The largest absolute Gasteiger partial charge is 0.493 e. The number of nitrogens with zero attached hydrogens (tertiary/aromatic N) is 5. The van der Waals surface area contributed by atoms with Gasteiger partial charge in [0, 0.05) is 18.3 Å². The van der Waals surface area contributed by atoms with Gasteiger partial charge in [0.1, 0.15) is 17.2 Å². The van der Waals surface area contributed by atoms with Crippen LogP contribution in [0.4, 0.5) is 10.2 Å². The van der Waals surface area contributed by atoms with Gasteiger partial charge in [-0.3, -0.25) is 0 Å². The van der Waals surface area contributed by atoms with E-state index in [0.29, 0.717) is 34.4 Å². The van der Waals surface area contributed by atoms with Crippen LogP contribution in [0.15, 0.2) is 30.7 Å². The number of esters is 1. The maximum atomic E-state index is 13.8. The van der Waals surface area contributed by atoms with Gasteiger partial charge in [0.25, 0.3) is 0 Å². The van der Waals surface area contributed by atoms with Crippen molar-refractivity contribution in [2.24, 2.45) is 11.8 Å². The quantitative estimate of drug-likeness (QED) is 0.691. The van der Waals surface area contributed by atoms with E-state index in [-0.39, 0.29) is 18.5 Å². The summed E-state index contributed by atoms with van der Waals surface area (Å²) in [7, 11) is 0. The molecule has 0 radical (unpaired) electrons. The molecule has 8 nitrogen and oxygen atoms in total. The van der Waals surface area contributed by atoms with Crippen molar-refractivity contribution >= 4 is 17.4 Å². The maximum Gasteiger partial charge on any atom is 0.343 e. The van der Waals surface area contributed by atoms with E-state index in [1.807, 2.05) is 4.90 Å². The lowest BCUT2D eigenvalue weighted by Gasteiger charge is -2.29. The zero-order chi connectivity index (χ0) is 19.4. The highest BCUT2D eigenvalue weighted by Crippen LogP contribution is 2.58. The minimum absolute atomic E-state index is 0.165. The van der Waals surface area contributed by atoms with Crippen LogP contribution in [-0.4, -0.2) is 43.8 Å². The first kappa shape index (κ1) is 16.9. The Morgan fingerprint density at radius 2 is 2.29 bits per heavy atom. The van der Waals surface area contributed by atoms with Crippen LogP contribution >= 0.6 is 0 Å². The van der Waals surface area contributed by atoms with Gasteiger partial charge in [-0.2, -0.15) is 5.10 Å². The number of aromatic hydroxyl groups is 1. The van der Waals surface area contributed by atoms with E-state index in [4.69, 9.17) is 4.74 Å². The summed E-state index contributed by atoms with van der Waals surface area (Å²) >= 11 is 0. The summed E-state index contributed by atoms with van der Waals surface area (Å²) in [5.74, 6) is 0.304. The summed E-state index contributed by atoms with van der Waals surface area (Å²) in [6.45, 7) is 2.75. The predicted molar refractivity (Wildman–Crippen MR) is 96.5 cm³/mol. The zero-order valence-electron chi connectivity index (χ0n) is 15.1. The molecule has 3 atom stereocenters. The number of hydrogen-bond donors (Lipinski definition) is 1. The van der Waals surface area contributed by atoms with Crippen molar-refractivity contribution < 1.29 is 19.0 Å². The number of fused-ring (bicyclic) bond motifs is 2. The number of pyridine rings is 1. The molecule has 28 heavy (non-hydrogen) atoms. The van der Waals surface area contributed by atoms with E-state index in [2.05, 4.69) is 15.1 Å². The number of piperidine rings is 1. The molecule has 3 unspecified atom stereocenters. The van der Waals surface area contributed by atoms with Crippen LogP contribution in [0.5, 0.6) is 5.88 Å². The first-order chi connectivity index (χ1) is 13.6. The fourth-order valence-corrected chi connectivity index (χ4v) is 4.14. The van der Waals surface area contributed by atoms with Crippen LogP contribution in [-0.2, 0) is 4.74 Å². The average molecular weight is 383 g/mol. The monoisotopic (exact) mass is 383 g/mol. The SMILES string of the molecule is CCOC(=O)c1cnn2ccc(N3CC4CC4C3c3cc(F)cnc3O)nc12. The molecule has 5 rings (SSSR count). The van der Waals surface area contributed by atoms with Gasteiger partial charge in [0.15, 0.2) is 5.65 Å². The molecular formula is C19H18FN5O3. The Bertz CT molecular complexity index is 1080. The second-order valence-corrected chi connectivity index (χ2v) is 7.16. The number of anilines is 1. The molecule has 2 fully saturated rings. The maximum absolute atomic E-state index is 13.8. The van der Waals surface area contributed by atoms with Gasteiger partial charge in [-0.05, 0) is 37.3 Å². The molecule has 0 amide bonds. The first-order valence-corrected chi connectivity index (χ1v) is 9.19. The second-order valence-electron chi connectivity index (χ2n) is 7.16. The molecule has 0 aromatic carbocycles. The number of rotatable bonds is 4. The van der Waals surface area contributed by atoms with Crippen LogP contribution in [0.2, 0.25) is 0 Å². The van der Waals surface area contributed by atoms with Gasteiger partial charge < -0.3 is 14.7 Å². The lowest BCUT2D eigenvalue weighted by Crippen LogP contribution is -2.27. The zero-order valence-corrected chi connectivity index (χ0v) is 15.1. The van der Waals surface area contributed by atoms with E-state index >= 15 is 0 Å². The number of halogens is 1. The molecule has 1 saturated carbocycles. The van der Waals surface area contributed by atoms with Crippen LogP contribution in [0.25, 0.3) is 5.65 Å². The van der Waals surface area contributed by atoms with Crippen LogP contribution in [0.3, 0.4) is 0 Å². The van der Waals surface area contributed by atoms with E-state index in [0.717, 1.165) is 19.2 Å². The lowest BCUT2D eigenvalue weighted by atomic mass is 10.0. The third kappa shape index (κ3) is 2.57. The standard InChI is InChI=1S/C19H18FN5O3/c1-2-28-19(27)14-8-22-25-4-3-15(23-17(14)25)24-9-10-5-12(10)16(24)13-6-11(20)7-21-18(13)26/h3-4,6-8,10,12,16H,2,5,9H2,1H3,(H,21,26). The van der Waals surface area contributed by atoms with Crippen molar-refractivity contribution in [1.82, 2.24) is 19.6 Å². The van der Waals surface area contributed by atoms with Gasteiger partial charge in [0.05, 0.1) is 25.0 Å². The number of aromatic nitrogens is 4. The summed E-state index contributed by atoms with van der Waals surface area (Å²) in [6, 6.07) is 2.93. The fraction of sp³-hybridized carbons (Fsp3) is 0.368. The Labute approximate surface area is 159 Å². The summed E-state index contributed by atoms with van der Waals surface area (Å²) in [4.78, 5) is 22.6. The summed E-state index contributed by atoms with van der Waals surface area (Å²) in [6.07, 6.45) is 5.20. The van der Waals surface area contributed by atoms with Crippen LogP contribution < -0.4 is 4.90 Å². The highest BCUT2D eigenvalue weighted by molar-refractivity contribution is 5.95. The average Bonchev–Trinajstić information content (AvgIpc) is 3.16. The Morgan fingerprint density at radius 3 is 3.11 bits per heavy atom. The third-order valence-electron chi connectivity index (χ3n) is 5.47. The third-order valence-corrected chi connectivity index (χ3v) is 5.47. The number of hydrogen-bond acceptors (Lipinski definition) is 7. The fourth-order valence-electron chi connectivity index (χ4n) is 4.14. The molecule has 144 valence electrons. The number of carbonyl (C=O) groups is 1. The van der Waals surface area contributed by atoms with Gasteiger partial charge >= 0.3 is 5.97 Å². The Hall–Kier alpha value is -3.23. The van der Waals surface area contributed by atoms with Gasteiger partial charge in [-0.15, -0.1) is 0 Å². The van der Waals surface area contributed by atoms with Crippen molar-refractivity contribution in [2.75, 3.05) is 18.1 Å². The smallest absolute Gasteiger partial charge is 0.343 e. The van der Waals surface area contributed by atoms with E-state index in [1.54, 1.807) is 19.2 Å². The van der Waals surface area contributed by atoms with Gasteiger partial charge in [-0.25, -0.2) is 23.7 Å². The number of carbonyl (C=O) groups excluding carboxylic acids is 1. The molecule has 1 aliphatic carbocycles. The summed E-state index contributed by atoms with van der Waals surface area (Å²) in [5.41, 5.74) is 1.16. The van der Waals surface area contributed by atoms with Crippen molar-refractivity contribution in [3.63, 3.8) is 0 Å². The molecule has 4 heterocycles. The lowest BCUT2D eigenvalue weighted by molar-refractivity contribution is 0.0528. The molecule has 0 bridgehead atoms. The normalized spacial score (nSPS) is 23.1. The Kier molecular flexibility index (Phi) is 3.71. The van der Waals surface area contributed by atoms with E-state index in [1.165, 1.54) is 16.8 Å². The van der Waals surface area contributed by atoms with E-state index in [9.17, 15) is 14.3 Å². The minimum Gasteiger partial charge on any atom is -0.493 e.